The molecule has 1 fully saturated rings. The summed E-state index contributed by atoms with van der Waals surface area (Å²) in [5, 5.41) is 13.2. The molecule has 0 spiro atoms. The van der Waals surface area contributed by atoms with Gasteiger partial charge in [-0.25, -0.2) is 0 Å². The van der Waals surface area contributed by atoms with Crippen LogP contribution in [0.4, 0.5) is 0 Å². The van der Waals surface area contributed by atoms with Crippen molar-refractivity contribution in [1.82, 2.24) is 10.2 Å². The van der Waals surface area contributed by atoms with E-state index in [0.29, 0.717) is 6.04 Å². The fraction of sp³-hybridized carbons (Fsp3) is 1.00. The van der Waals surface area contributed by atoms with E-state index in [1.54, 1.807) is 0 Å². The lowest BCUT2D eigenvalue weighted by Gasteiger charge is -2.30. The number of likely N-dealkylation sites (N-methyl/N-ethyl adjacent to an activating group) is 1. The van der Waals surface area contributed by atoms with Crippen LogP contribution >= 0.6 is 0 Å². The van der Waals surface area contributed by atoms with Gasteiger partial charge in [0, 0.05) is 19.1 Å². The van der Waals surface area contributed by atoms with Crippen LogP contribution in [0, 0.1) is 0 Å². The molecule has 0 amide bonds. The number of aliphatic hydroxyl groups is 1. The number of hydrogen-bond donors (Lipinski definition) is 2. The van der Waals surface area contributed by atoms with E-state index in [1.807, 2.05) is 0 Å². The van der Waals surface area contributed by atoms with E-state index in [0.717, 1.165) is 26.1 Å². The zero-order chi connectivity index (χ0) is 9.19. The molecule has 0 aliphatic carbocycles. The Hall–Kier alpha value is -0.120. The van der Waals surface area contributed by atoms with E-state index in [1.165, 1.54) is 0 Å². The molecule has 3 heteroatoms. The Labute approximate surface area is 74.8 Å². The monoisotopic (exact) mass is 172 g/mol. The molecule has 3 nitrogen and oxygen atoms in total. The van der Waals surface area contributed by atoms with Crippen LogP contribution in [0.25, 0.3) is 0 Å². The molecule has 1 aliphatic rings. The van der Waals surface area contributed by atoms with Crippen LogP contribution in [0.2, 0.25) is 0 Å². The predicted octanol–water partition coefficient (Wildman–Crippen LogP) is 0.0510. The summed E-state index contributed by atoms with van der Waals surface area (Å²) in [6, 6.07) is 0.509. The predicted molar refractivity (Wildman–Crippen MR) is 50.2 cm³/mol. The van der Waals surface area contributed by atoms with Gasteiger partial charge in [0.25, 0.3) is 0 Å². The number of nitrogens with one attached hydrogen (secondary N) is 1. The molecule has 12 heavy (non-hydrogen) atoms. The maximum absolute atomic E-state index is 10.0. The van der Waals surface area contributed by atoms with E-state index in [9.17, 15) is 5.11 Å². The molecule has 0 aromatic carbocycles. The summed E-state index contributed by atoms with van der Waals surface area (Å²) in [6.07, 6.45) is 0.879. The molecule has 1 saturated heterocycles. The van der Waals surface area contributed by atoms with Crippen LogP contribution in [0.5, 0.6) is 0 Å². The normalized spacial score (nSPS) is 30.5. The fourth-order valence-electron chi connectivity index (χ4n) is 1.51. The zero-order valence-electron chi connectivity index (χ0n) is 8.30. The van der Waals surface area contributed by atoms with Gasteiger partial charge in [0.05, 0.1) is 5.60 Å². The first kappa shape index (κ1) is 9.96. The molecular weight excluding hydrogens is 152 g/mol. The van der Waals surface area contributed by atoms with Gasteiger partial charge >= 0.3 is 0 Å². The smallest absolute Gasteiger partial charge is 0.0909 e. The average Bonchev–Trinajstić information content (AvgIpc) is 2.35. The van der Waals surface area contributed by atoms with Crippen molar-refractivity contribution in [2.75, 3.05) is 26.7 Å². The number of rotatable bonds is 3. The highest BCUT2D eigenvalue weighted by atomic mass is 16.3. The summed E-state index contributed by atoms with van der Waals surface area (Å²) < 4.78 is 0. The molecule has 1 heterocycles. The van der Waals surface area contributed by atoms with E-state index in [4.69, 9.17) is 0 Å². The van der Waals surface area contributed by atoms with Gasteiger partial charge in [0.1, 0.15) is 0 Å². The fourth-order valence-corrected chi connectivity index (χ4v) is 1.51. The first-order valence-corrected chi connectivity index (χ1v) is 4.67. The van der Waals surface area contributed by atoms with Crippen molar-refractivity contribution in [3.05, 3.63) is 0 Å². The van der Waals surface area contributed by atoms with Gasteiger partial charge in [-0.3, -0.25) is 0 Å². The largest absolute Gasteiger partial charge is 0.387 e. The van der Waals surface area contributed by atoms with E-state index >= 15 is 0 Å². The number of hydrogen-bond acceptors (Lipinski definition) is 3. The first-order chi connectivity index (χ1) is 5.53. The van der Waals surface area contributed by atoms with Gasteiger partial charge in [-0.05, 0) is 33.9 Å². The quantitative estimate of drug-likeness (QED) is 0.631. The van der Waals surface area contributed by atoms with E-state index in [-0.39, 0.29) is 0 Å². The van der Waals surface area contributed by atoms with Crippen LogP contribution in [-0.2, 0) is 0 Å². The molecule has 0 aromatic rings. The molecule has 0 bridgehead atoms. The second-order valence-corrected chi connectivity index (χ2v) is 4.16. The Morgan fingerprint density at radius 1 is 1.58 bits per heavy atom. The summed E-state index contributed by atoms with van der Waals surface area (Å²) in [5.41, 5.74) is -0.487. The summed E-state index contributed by atoms with van der Waals surface area (Å²) in [5.74, 6) is 0. The zero-order valence-corrected chi connectivity index (χ0v) is 8.30. The molecule has 72 valence electrons. The molecule has 0 saturated carbocycles. The Bertz CT molecular complexity index is 141. The standard InChI is InChI=1S/C9H20N2O/c1-8(2)11(3)7-9(12)4-5-10-6-9/h8,10,12H,4-7H2,1-3H3. The third-order valence-corrected chi connectivity index (χ3v) is 2.65. The molecule has 1 aliphatic heterocycles. The Balaban J connectivity index is 2.38. The van der Waals surface area contributed by atoms with E-state index in [2.05, 4.69) is 31.1 Å². The maximum Gasteiger partial charge on any atom is 0.0909 e. The minimum absolute atomic E-state index is 0.487. The number of nitrogens with zero attached hydrogens (tertiary/aromatic N) is 1. The van der Waals surface area contributed by atoms with Crippen molar-refractivity contribution in [1.29, 1.82) is 0 Å². The summed E-state index contributed by atoms with van der Waals surface area (Å²) in [7, 11) is 2.06. The van der Waals surface area contributed by atoms with Crippen molar-refractivity contribution < 1.29 is 5.11 Å². The first-order valence-electron chi connectivity index (χ1n) is 4.67. The number of β-amino-alcohol motifs (C(OH)–C–C–N with tert-alkyl or cyclic N) is 1. The third kappa shape index (κ3) is 2.44. The van der Waals surface area contributed by atoms with Crippen LogP contribution in [-0.4, -0.2) is 48.3 Å². The van der Waals surface area contributed by atoms with Gasteiger partial charge in [-0.15, -0.1) is 0 Å². The molecular formula is C9H20N2O. The molecule has 2 N–H and O–H groups in total. The van der Waals surface area contributed by atoms with Gasteiger partial charge < -0.3 is 15.3 Å². The SMILES string of the molecule is CC(C)N(C)CC1(O)CCNC1. The van der Waals surface area contributed by atoms with Crippen molar-refractivity contribution >= 4 is 0 Å². The van der Waals surface area contributed by atoms with Crippen LogP contribution in [0.3, 0.4) is 0 Å². The Kier molecular flexibility index (Phi) is 3.09. The lowest BCUT2D eigenvalue weighted by molar-refractivity contribution is 0.0205. The summed E-state index contributed by atoms with van der Waals surface area (Å²) in [6.45, 7) is 6.75. The van der Waals surface area contributed by atoms with Crippen molar-refractivity contribution in [3.63, 3.8) is 0 Å². The summed E-state index contributed by atoms with van der Waals surface area (Å²) >= 11 is 0. The van der Waals surface area contributed by atoms with Crippen molar-refractivity contribution in [3.8, 4) is 0 Å². The lowest BCUT2D eigenvalue weighted by Crippen LogP contribution is -2.45. The van der Waals surface area contributed by atoms with Crippen molar-refractivity contribution in [2.24, 2.45) is 0 Å². The highest BCUT2D eigenvalue weighted by Gasteiger charge is 2.32. The second kappa shape index (κ2) is 3.73. The Morgan fingerprint density at radius 3 is 2.67 bits per heavy atom. The van der Waals surface area contributed by atoms with Gasteiger partial charge in [-0.1, -0.05) is 0 Å². The summed E-state index contributed by atoms with van der Waals surface area (Å²) in [4.78, 5) is 2.19. The van der Waals surface area contributed by atoms with Gasteiger partial charge in [0.15, 0.2) is 0 Å². The highest BCUT2D eigenvalue weighted by molar-refractivity contribution is 4.90. The molecule has 0 radical (unpaired) electrons. The average molecular weight is 172 g/mol. The van der Waals surface area contributed by atoms with Gasteiger partial charge in [-0.2, -0.15) is 0 Å². The molecule has 1 atom stereocenters. The molecule has 1 rings (SSSR count). The minimum Gasteiger partial charge on any atom is -0.387 e. The van der Waals surface area contributed by atoms with E-state index < -0.39 is 5.60 Å². The lowest BCUT2D eigenvalue weighted by atomic mass is 10.0. The van der Waals surface area contributed by atoms with Crippen LogP contribution in [0.1, 0.15) is 20.3 Å². The maximum atomic E-state index is 10.0. The minimum atomic E-state index is -0.487. The second-order valence-electron chi connectivity index (χ2n) is 4.16. The highest BCUT2D eigenvalue weighted by Crippen LogP contribution is 2.15. The van der Waals surface area contributed by atoms with Crippen molar-refractivity contribution in [2.45, 2.75) is 31.9 Å². The van der Waals surface area contributed by atoms with Crippen LogP contribution < -0.4 is 5.32 Å². The molecule has 0 aromatic heterocycles. The third-order valence-electron chi connectivity index (χ3n) is 2.65. The van der Waals surface area contributed by atoms with Crippen LogP contribution in [0.15, 0.2) is 0 Å². The Morgan fingerprint density at radius 2 is 2.25 bits per heavy atom. The molecule has 1 unspecified atom stereocenters. The van der Waals surface area contributed by atoms with Gasteiger partial charge in [0.2, 0.25) is 0 Å². The topological polar surface area (TPSA) is 35.5 Å².